The second-order valence-electron chi connectivity index (χ2n) is 1.96. The van der Waals surface area contributed by atoms with E-state index in [2.05, 4.69) is 47.8 Å². The van der Waals surface area contributed by atoms with Gasteiger partial charge >= 0.3 is 0 Å². The van der Waals surface area contributed by atoms with Gasteiger partial charge in [-0.05, 0) is 28.8 Å². The van der Waals surface area contributed by atoms with Gasteiger partial charge in [-0.15, -0.1) is 0 Å². The van der Waals surface area contributed by atoms with Crippen LogP contribution in [0.5, 0.6) is 0 Å². The summed E-state index contributed by atoms with van der Waals surface area (Å²) in [6.45, 7) is 0. The Morgan fingerprint density at radius 1 is 1.40 bits per heavy atom. The lowest BCUT2D eigenvalue weighted by atomic mass is 10.2. The van der Waals surface area contributed by atoms with E-state index in [0.29, 0.717) is 0 Å². The molecule has 60 valence electrons. The van der Waals surface area contributed by atoms with Gasteiger partial charge in [0.15, 0.2) is 0 Å². The van der Waals surface area contributed by atoms with E-state index in [9.17, 15) is 4.79 Å². The minimum Gasteiger partial charge on any atom is -0.285 e. The van der Waals surface area contributed by atoms with Gasteiger partial charge in [-0.3, -0.25) is 4.79 Å². The number of unbranched alkanes of at least 4 members (excludes halogenated alkanes) is 1. The molecule has 0 bridgehead atoms. The van der Waals surface area contributed by atoms with Gasteiger partial charge in [0.25, 0.3) is 0 Å². The first-order valence-electron chi connectivity index (χ1n) is 3.08. The Labute approximate surface area is 86.3 Å². The van der Waals surface area contributed by atoms with E-state index >= 15 is 0 Å². The summed E-state index contributed by atoms with van der Waals surface area (Å²) in [5.74, 6) is 0. The average molecular weight is 337 g/mol. The molecule has 1 unspecified atom stereocenters. The summed E-state index contributed by atoms with van der Waals surface area (Å²) < 4.78 is 0.0436. The summed E-state index contributed by atoms with van der Waals surface area (Å²) in [4.78, 5) is 10.6. The molecule has 10 heavy (non-hydrogen) atoms. The molecule has 0 N–H and O–H groups in total. The standard InChI is InChI=1S/C6H9Br3O/c7-4-2-1-3-5(8)6(9)10/h5H,1-4H2. The molecule has 0 radical (unpaired) electrons. The Morgan fingerprint density at radius 3 is 2.40 bits per heavy atom. The number of hydrogen-bond acceptors (Lipinski definition) is 1. The van der Waals surface area contributed by atoms with Crippen LogP contribution in [0.3, 0.4) is 0 Å². The average Bonchev–Trinajstić information content (AvgIpc) is 1.88. The molecule has 0 fully saturated rings. The third-order valence-corrected chi connectivity index (χ3v) is 3.69. The first kappa shape index (κ1) is 11.1. The molecule has 4 heteroatoms. The van der Waals surface area contributed by atoms with Crippen LogP contribution in [0.15, 0.2) is 0 Å². The minimum atomic E-state index is -0.00782. The molecule has 0 spiro atoms. The van der Waals surface area contributed by atoms with Crippen molar-refractivity contribution >= 4 is 52.5 Å². The van der Waals surface area contributed by atoms with Gasteiger partial charge in [-0.25, -0.2) is 0 Å². The summed E-state index contributed by atoms with van der Waals surface area (Å²) in [5, 5.41) is 1.02. The molecule has 0 amide bonds. The van der Waals surface area contributed by atoms with Crippen molar-refractivity contribution in [1.82, 2.24) is 0 Å². The van der Waals surface area contributed by atoms with E-state index in [-0.39, 0.29) is 9.52 Å². The molecule has 0 aliphatic rings. The number of halogens is 3. The van der Waals surface area contributed by atoms with E-state index in [1.807, 2.05) is 0 Å². The van der Waals surface area contributed by atoms with Crippen molar-refractivity contribution in [3.8, 4) is 0 Å². The lowest BCUT2D eigenvalue weighted by Crippen LogP contribution is -2.05. The first-order valence-corrected chi connectivity index (χ1v) is 5.91. The normalized spacial score (nSPS) is 13.1. The third kappa shape index (κ3) is 5.86. The molecule has 0 aromatic carbocycles. The van der Waals surface area contributed by atoms with Gasteiger partial charge in [0.05, 0.1) is 4.83 Å². The molecule has 0 aliphatic carbocycles. The van der Waals surface area contributed by atoms with Crippen molar-refractivity contribution in [1.29, 1.82) is 0 Å². The number of carbonyl (C=O) groups is 1. The highest BCUT2D eigenvalue weighted by Crippen LogP contribution is 2.14. The zero-order valence-electron chi connectivity index (χ0n) is 5.45. The van der Waals surface area contributed by atoms with Crippen LogP contribution in [0.2, 0.25) is 0 Å². The maximum Gasteiger partial charge on any atom is 0.211 e. The fraction of sp³-hybridized carbons (Fsp3) is 0.833. The van der Waals surface area contributed by atoms with Gasteiger partial charge in [0, 0.05) is 5.33 Å². The van der Waals surface area contributed by atoms with Gasteiger partial charge in [0.2, 0.25) is 4.69 Å². The number of rotatable bonds is 5. The lowest BCUT2D eigenvalue weighted by Gasteiger charge is -2.01. The van der Waals surface area contributed by atoms with E-state index < -0.39 is 0 Å². The second-order valence-corrected chi connectivity index (χ2v) is 4.64. The molecule has 0 heterocycles. The summed E-state index contributed by atoms with van der Waals surface area (Å²) in [7, 11) is 0. The summed E-state index contributed by atoms with van der Waals surface area (Å²) in [6.07, 6.45) is 3.12. The van der Waals surface area contributed by atoms with Crippen LogP contribution in [-0.4, -0.2) is 14.8 Å². The Hall–Kier alpha value is 1.11. The van der Waals surface area contributed by atoms with E-state index in [1.165, 1.54) is 0 Å². The van der Waals surface area contributed by atoms with Crippen LogP contribution in [0.1, 0.15) is 19.3 Å². The van der Waals surface area contributed by atoms with E-state index in [1.54, 1.807) is 0 Å². The lowest BCUT2D eigenvalue weighted by molar-refractivity contribution is -0.109. The molecule has 0 aliphatic heterocycles. The molecular formula is C6H9Br3O. The Bertz CT molecular complexity index is 105. The predicted molar refractivity (Wildman–Crippen MR) is 54.3 cm³/mol. The predicted octanol–water partition coefficient (Wildman–Crippen LogP) is 3.24. The van der Waals surface area contributed by atoms with Gasteiger partial charge in [0.1, 0.15) is 0 Å². The Morgan fingerprint density at radius 2 is 2.00 bits per heavy atom. The van der Waals surface area contributed by atoms with Gasteiger partial charge < -0.3 is 0 Å². The van der Waals surface area contributed by atoms with Crippen LogP contribution < -0.4 is 0 Å². The highest BCUT2D eigenvalue weighted by Gasteiger charge is 2.09. The van der Waals surface area contributed by atoms with Crippen LogP contribution in [0.25, 0.3) is 0 Å². The van der Waals surface area contributed by atoms with E-state index in [0.717, 1.165) is 24.6 Å². The zero-order valence-corrected chi connectivity index (χ0v) is 10.2. The largest absolute Gasteiger partial charge is 0.285 e. The van der Waals surface area contributed by atoms with Crippen molar-refractivity contribution in [2.45, 2.75) is 24.1 Å². The fourth-order valence-electron chi connectivity index (χ4n) is 0.532. The Balaban J connectivity index is 3.21. The fourth-order valence-corrected chi connectivity index (χ4v) is 1.48. The summed E-state index contributed by atoms with van der Waals surface area (Å²) in [6, 6.07) is 0. The molecule has 0 saturated carbocycles. The highest BCUT2D eigenvalue weighted by atomic mass is 79.9. The van der Waals surface area contributed by atoms with Crippen molar-refractivity contribution in [2.75, 3.05) is 5.33 Å². The topological polar surface area (TPSA) is 17.1 Å². The number of alkyl halides is 2. The van der Waals surface area contributed by atoms with Crippen LogP contribution in [0.4, 0.5) is 0 Å². The van der Waals surface area contributed by atoms with Gasteiger partial charge in [-0.2, -0.15) is 0 Å². The maximum absolute atomic E-state index is 10.6. The summed E-state index contributed by atoms with van der Waals surface area (Å²) >= 11 is 9.48. The first-order chi connectivity index (χ1) is 4.68. The smallest absolute Gasteiger partial charge is 0.211 e. The molecule has 0 saturated heterocycles. The quantitative estimate of drug-likeness (QED) is 0.428. The monoisotopic (exact) mass is 334 g/mol. The number of carbonyl (C=O) groups excluding carboxylic acids is 1. The molecule has 0 rings (SSSR count). The van der Waals surface area contributed by atoms with Crippen molar-refractivity contribution in [3.05, 3.63) is 0 Å². The second kappa shape index (κ2) is 6.80. The SMILES string of the molecule is O=C(Br)C(Br)CCCCBr. The van der Waals surface area contributed by atoms with Crippen LogP contribution in [0, 0.1) is 0 Å². The zero-order chi connectivity index (χ0) is 7.98. The van der Waals surface area contributed by atoms with Crippen LogP contribution in [-0.2, 0) is 4.79 Å². The highest BCUT2D eigenvalue weighted by molar-refractivity contribution is 9.20. The van der Waals surface area contributed by atoms with E-state index in [4.69, 9.17) is 0 Å². The van der Waals surface area contributed by atoms with Crippen LogP contribution >= 0.6 is 47.8 Å². The summed E-state index contributed by atoms with van der Waals surface area (Å²) in [5.41, 5.74) is 0. The molecule has 0 aromatic rings. The maximum atomic E-state index is 10.6. The molecule has 1 nitrogen and oxygen atoms in total. The number of hydrogen-bond donors (Lipinski definition) is 0. The molecular weight excluding hydrogens is 328 g/mol. The van der Waals surface area contributed by atoms with Gasteiger partial charge in [-0.1, -0.05) is 38.3 Å². The third-order valence-electron chi connectivity index (χ3n) is 1.09. The minimum absolute atomic E-state index is 0.00782. The molecule has 1 atom stereocenters. The van der Waals surface area contributed by atoms with Crippen molar-refractivity contribution in [2.24, 2.45) is 0 Å². The Kier molecular flexibility index (Phi) is 7.55. The van der Waals surface area contributed by atoms with Crippen molar-refractivity contribution < 1.29 is 4.79 Å². The molecule has 0 aromatic heterocycles. The van der Waals surface area contributed by atoms with Crippen molar-refractivity contribution in [3.63, 3.8) is 0 Å².